The van der Waals surface area contributed by atoms with Gasteiger partial charge in [0.2, 0.25) is 11.7 Å². The first-order valence-electron chi connectivity index (χ1n) is 10.7. The largest absolute Gasteiger partial charge is 0.394 e. The van der Waals surface area contributed by atoms with Crippen molar-refractivity contribution in [2.75, 3.05) is 11.9 Å². The van der Waals surface area contributed by atoms with Gasteiger partial charge in [-0.3, -0.25) is 9.59 Å². The maximum absolute atomic E-state index is 14.7. The molecule has 0 radical (unpaired) electrons. The first-order valence-corrected chi connectivity index (χ1v) is 10.7. The van der Waals surface area contributed by atoms with Crippen LogP contribution in [0.15, 0.2) is 30.3 Å². The van der Waals surface area contributed by atoms with E-state index >= 15 is 0 Å². The number of carbonyl (C=O) groups excluding carboxylic acids is 2. The van der Waals surface area contributed by atoms with Crippen LogP contribution in [0.2, 0.25) is 0 Å². The van der Waals surface area contributed by atoms with Crippen LogP contribution in [0.3, 0.4) is 0 Å². The second-order valence-corrected chi connectivity index (χ2v) is 7.94. The van der Waals surface area contributed by atoms with Gasteiger partial charge in [0.15, 0.2) is 0 Å². The molecule has 1 aliphatic rings. The van der Waals surface area contributed by atoms with Crippen LogP contribution in [0, 0.1) is 5.82 Å². The number of tetrazole rings is 1. The molecule has 0 aliphatic carbocycles. The van der Waals surface area contributed by atoms with Crippen LogP contribution < -0.4 is 5.32 Å². The molecule has 1 aromatic carbocycles. The van der Waals surface area contributed by atoms with Gasteiger partial charge in [-0.2, -0.15) is 0 Å². The van der Waals surface area contributed by atoms with E-state index in [9.17, 15) is 19.1 Å². The lowest BCUT2D eigenvalue weighted by molar-refractivity contribution is -0.131. The van der Waals surface area contributed by atoms with Crippen molar-refractivity contribution in [2.24, 2.45) is 0 Å². The maximum atomic E-state index is 14.7. The highest BCUT2D eigenvalue weighted by Gasteiger charge is 2.26. The van der Waals surface area contributed by atoms with Gasteiger partial charge < -0.3 is 15.3 Å². The summed E-state index contributed by atoms with van der Waals surface area (Å²) in [6, 6.07) is 7.35. The molecular weight excluding hydrogens is 429 g/mol. The quantitative estimate of drug-likeness (QED) is 0.562. The van der Waals surface area contributed by atoms with Crippen LogP contribution in [-0.2, 0) is 17.9 Å². The Hall–Kier alpha value is -3.73. The normalized spacial score (nSPS) is 13.6. The van der Waals surface area contributed by atoms with E-state index in [4.69, 9.17) is 0 Å². The number of benzene rings is 1. The van der Waals surface area contributed by atoms with Gasteiger partial charge in [-0.25, -0.2) is 14.1 Å². The molecule has 1 aliphatic heterocycles. The second kappa shape index (κ2) is 9.41. The number of rotatable bonds is 7. The summed E-state index contributed by atoms with van der Waals surface area (Å²) in [5, 5.41) is 23.4. The number of halogens is 1. The SMILES string of the molecule is CCCC(=O)N1Cc2cc(F)c(C(=O)Nc3cccc(-c4nnnn4[C@H](C)CO)n3)cc2C1. The molecule has 0 spiro atoms. The van der Waals surface area contributed by atoms with E-state index in [-0.39, 0.29) is 29.9 Å². The molecule has 0 saturated carbocycles. The minimum atomic E-state index is -0.659. The highest BCUT2D eigenvalue weighted by atomic mass is 19.1. The van der Waals surface area contributed by atoms with Gasteiger partial charge >= 0.3 is 0 Å². The predicted molar refractivity (Wildman–Crippen MR) is 116 cm³/mol. The summed E-state index contributed by atoms with van der Waals surface area (Å²) in [4.78, 5) is 31.0. The Morgan fingerprint density at radius 1 is 1.24 bits per heavy atom. The van der Waals surface area contributed by atoms with Gasteiger partial charge in [0, 0.05) is 19.5 Å². The number of aliphatic hydroxyl groups is 1. The van der Waals surface area contributed by atoms with Gasteiger partial charge in [0.05, 0.1) is 18.2 Å². The average Bonchev–Trinajstić information content (AvgIpc) is 3.45. The molecule has 4 rings (SSSR count). The lowest BCUT2D eigenvalue weighted by atomic mass is 10.1. The summed E-state index contributed by atoms with van der Waals surface area (Å²) in [7, 11) is 0. The zero-order valence-electron chi connectivity index (χ0n) is 18.3. The van der Waals surface area contributed by atoms with E-state index in [0.29, 0.717) is 36.6 Å². The molecular formula is C22H24FN7O3. The number of nitrogens with one attached hydrogen (secondary N) is 1. The molecule has 0 saturated heterocycles. The first-order chi connectivity index (χ1) is 15.9. The number of aromatic nitrogens is 5. The third kappa shape index (κ3) is 4.58. The van der Waals surface area contributed by atoms with Crippen LogP contribution in [0.1, 0.15) is 54.2 Å². The standard InChI is InChI=1S/C22H24FN7O3/c1-3-5-20(32)29-10-14-8-16(17(23)9-15(14)11-29)22(33)25-19-7-4-6-18(24-19)21-26-27-28-30(21)13(2)12-31/h4,6-9,13,31H,3,5,10-12H2,1-2H3,(H,24,25,33)/t13-/m1/s1. The fourth-order valence-electron chi connectivity index (χ4n) is 3.69. The van der Waals surface area contributed by atoms with Crippen LogP contribution >= 0.6 is 0 Å². The van der Waals surface area contributed by atoms with E-state index < -0.39 is 11.7 Å². The maximum Gasteiger partial charge on any atom is 0.259 e. The summed E-state index contributed by atoms with van der Waals surface area (Å²) < 4.78 is 16.1. The predicted octanol–water partition coefficient (Wildman–Crippen LogP) is 2.32. The highest BCUT2D eigenvalue weighted by molar-refractivity contribution is 6.04. The van der Waals surface area contributed by atoms with Crippen molar-refractivity contribution >= 4 is 17.6 Å². The third-order valence-corrected chi connectivity index (χ3v) is 5.47. The molecule has 3 aromatic rings. The molecule has 2 aromatic heterocycles. The monoisotopic (exact) mass is 453 g/mol. The summed E-state index contributed by atoms with van der Waals surface area (Å²) in [5.41, 5.74) is 1.73. The first kappa shape index (κ1) is 22.5. The molecule has 10 nitrogen and oxygen atoms in total. The van der Waals surface area contributed by atoms with Gasteiger partial charge in [-0.1, -0.05) is 13.0 Å². The van der Waals surface area contributed by atoms with Crippen LogP contribution in [-0.4, -0.2) is 53.6 Å². The number of nitrogens with zero attached hydrogens (tertiary/aromatic N) is 6. The molecule has 33 heavy (non-hydrogen) atoms. The number of hydrogen-bond acceptors (Lipinski definition) is 7. The number of hydrogen-bond donors (Lipinski definition) is 2. The fraction of sp³-hybridized carbons (Fsp3) is 0.364. The molecule has 2 amide bonds. The fourth-order valence-corrected chi connectivity index (χ4v) is 3.69. The Kier molecular flexibility index (Phi) is 6.40. The summed E-state index contributed by atoms with van der Waals surface area (Å²) in [6.07, 6.45) is 1.18. The van der Waals surface area contributed by atoms with E-state index in [1.807, 2.05) is 6.92 Å². The van der Waals surface area contributed by atoms with Gasteiger partial charge in [0.1, 0.15) is 17.3 Å². The Labute approximate surface area is 189 Å². The molecule has 3 heterocycles. The number of pyridine rings is 1. The van der Waals surface area contributed by atoms with Crippen LogP contribution in [0.25, 0.3) is 11.5 Å². The van der Waals surface area contributed by atoms with Crippen molar-refractivity contribution in [1.29, 1.82) is 0 Å². The van der Waals surface area contributed by atoms with Crippen molar-refractivity contribution in [2.45, 2.75) is 45.8 Å². The van der Waals surface area contributed by atoms with Crippen molar-refractivity contribution in [3.63, 3.8) is 0 Å². The molecule has 0 bridgehead atoms. The zero-order chi connectivity index (χ0) is 23.5. The Morgan fingerprint density at radius 2 is 2.00 bits per heavy atom. The van der Waals surface area contributed by atoms with E-state index in [1.54, 1.807) is 30.0 Å². The highest BCUT2D eigenvalue weighted by Crippen LogP contribution is 2.27. The van der Waals surface area contributed by atoms with Gasteiger partial charge in [0.25, 0.3) is 5.91 Å². The summed E-state index contributed by atoms with van der Waals surface area (Å²) in [5.74, 6) is -0.773. The van der Waals surface area contributed by atoms with Crippen molar-refractivity contribution in [3.05, 3.63) is 52.8 Å². The average molecular weight is 453 g/mol. The number of amides is 2. The van der Waals surface area contributed by atoms with Gasteiger partial charge in [-0.05, 0) is 59.2 Å². The van der Waals surface area contributed by atoms with Crippen molar-refractivity contribution in [3.8, 4) is 11.5 Å². The molecule has 0 unspecified atom stereocenters. The topological polar surface area (TPSA) is 126 Å². The number of anilines is 1. The van der Waals surface area contributed by atoms with Crippen LogP contribution in [0.5, 0.6) is 0 Å². The molecule has 172 valence electrons. The minimum absolute atomic E-state index is 0.0129. The summed E-state index contributed by atoms with van der Waals surface area (Å²) in [6.45, 7) is 4.22. The Bertz CT molecular complexity index is 1200. The molecule has 2 N–H and O–H groups in total. The lowest BCUT2D eigenvalue weighted by Crippen LogP contribution is -2.24. The third-order valence-electron chi connectivity index (χ3n) is 5.47. The van der Waals surface area contributed by atoms with Crippen LogP contribution in [0.4, 0.5) is 10.2 Å². The smallest absolute Gasteiger partial charge is 0.259 e. The summed E-state index contributed by atoms with van der Waals surface area (Å²) >= 11 is 0. The number of carbonyl (C=O) groups is 2. The molecule has 11 heteroatoms. The molecule has 0 fully saturated rings. The second-order valence-electron chi connectivity index (χ2n) is 7.94. The van der Waals surface area contributed by atoms with E-state index in [0.717, 1.165) is 12.0 Å². The van der Waals surface area contributed by atoms with Gasteiger partial charge in [-0.15, -0.1) is 5.10 Å². The van der Waals surface area contributed by atoms with Crippen molar-refractivity contribution in [1.82, 2.24) is 30.1 Å². The Morgan fingerprint density at radius 3 is 2.73 bits per heavy atom. The molecule has 1 atom stereocenters. The van der Waals surface area contributed by atoms with Crippen molar-refractivity contribution < 1.29 is 19.1 Å². The van der Waals surface area contributed by atoms with E-state index in [1.165, 1.54) is 16.8 Å². The number of aliphatic hydroxyl groups excluding tert-OH is 1. The Balaban J connectivity index is 1.54. The number of fused-ring (bicyclic) bond motifs is 1. The van der Waals surface area contributed by atoms with E-state index in [2.05, 4.69) is 25.8 Å². The lowest BCUT2D eigenvalue weighted by Gasteiger charge is -2.14. The minimum Gasteiger partial charge on any atom is -0.394 e. The zero-order valence-corrected chi connectivity index (χ0v) is 18.3.